The number of aryl methyl sites for hydroxylation is 1. The number of nitrogens with zero attached hydrogens (tertiary/aromatic N) is 2. The van der Waals surface area contributed by atoms with E-state index >= 15 is 0 Å². The largest absolute Gasteiger partial charge is 0.350 e. The second-order valence-electron chi connectivity index (χ2n) is 6.60. The second-order valence-corrected chi connectivity index (χ2v) is 6.60. The van der Waals surface area contributed by atoms with Gasteiger partial charge in [-0.1, -0.05) is 35.9 Å². The Morgan fingerprint density at radius 1 is 1.29 bits per heavy atom. The standard InChI is InChI=1S/C20H25N3O/c1-16-6-4-7-17(12-16)14-23-11-5-8-18(15-23)20(24)22-13-19-9-2-3-10-21-19/h2-4,6-7,9-10,12,18H,5,8,11,13-15H2,1H3,(H,22,24). The molecule has 3 rings (SSSR count). The van der Waals surface area contributed by atoms with Crippen LogP contribution < -0.4 is 5.32 Å². The third-order valence-electron chi connectivity index (χ3n) is 4.53. The van der Waals surface area contributed by atoms with Gasteiger partial charge >= 0.3 is 0 Å². The number of rotatable bonds is 5. The third kappa shape index (κ3) is 4.65. The van der Waals surface area contributed by atoms with Gasteiger partial charge in [0, 0.05) is 19.3 Å². The lowest BCUT2D eigenvalue weighted by Crippen LogP contribution is -2.42. The molecule has 126 valence electrons. The zero-order valence-corrected chi connectivity index (χ0v) is 14.2. The number of aromatic nitrogens is 1. The van der Waals surface area contributed by atoms with Crippen molar-refractivity contribution in [3.63, 3.8) is 0 Å². The first-order valence-corrected chi connectivity index (χ1v) is 8.66. The van der Waals surface area contributed by atoms with Gasteiger partial charge in [0.15, 0.2) is 0 Å². The van der Waals surface area contributed by atoms with Crippen molar-refractivity contribution in [2.75, 3.05) is 13.1 Å². The Labute approximate surface area is 143 Å². The Bertz CT molecular complexity index is 672. The average Bonchev–Trinajstić information content (AvgIpc) is 2.61. The van der Waals surface area contributed by atoms with Crippen LogP contribution in [0.1, 0.15) is 29.7 Å². The van der Waals surface area contributed by atoms with Crippen molar-refractivity contribution in [2.24, 2.45) is 5.92 Å². The summed E-state index contributed by atoms with van der Waals surface area (Å²) in [5.74, 6) is 0.224. The molecule has 0 radical (unpaired) electrons. The molecule has 0 saturated carbocycles. The minimum atomic E-state index is 0.0762. The van der Waals surface area contributed by atoms with Crippen LogP contribution in [0.2, 0.25) is 0 Å². The molecule has 4 heteroatoms. The van der Waals surface area contributed by atoms with Crippen LogP contribution in [0.25, 0.3) is 0 Å². The fourth-order valence-corrected chi connectivity index (χ4v) is 3.31. The Balaban J connectivity index is 1.52. The van der Waals surface area contributed by atoms with Gasteiger partial charge in [0.2, 0.25) is 5.91 Å². The summed E-state index contributed by atoms with van der Waals surface area (Å²) >= 11 is 0. The van der Waals surface area contributed by atoms with E-state index in [9.17, 15) is 4.79 Å². The predicted octanol–water partition coefficient (Wildman–Crippen LogP) is 2.92. The average molecular weight is 323 g/mol. The van der Waals surface area contributed by atoms with E-state index in [1.807, 2.05) is 18.2 Å². The molecule has 2 heterocycles. The van der Waals surface area contributed by atoms with E-state index in [0.717, 1.165) is 38.2 Å². The van der Waals surface area contributed by atoms with Crippen molar-refractivity contribution in [1.82, 2.24) is 15.2 Å². The summed E-state index contributed by atoms with van der Waals surface area (Å²) in [6.45, 7) is 5.45. The second kappa shape index (κ2) is 8.06. The number of likely N-dealkylation sites (tertiary alicyclic amines) is 1. The van der Waals surface area contributed by atoms with E-state index < -0.39 is 0 Å². The fraction of sp³-hybridized carbons (Fsp3) is 0.400. The maximum atomic E-state index is 12.5. The molecule has 2 aromatic rings. The van der Waals surface area contributed by atoms with E-state index in [1.54, 1.807) is 6.20 Å². The highest BCUT2D eigenvalue weighted by atomic mass is 16.1. The molecule has 1 unspecified atom stereocenters. The number of carbonyl (C=O) groups excluding carboxylic acids is 1. The number of pyridine rings is 1. The van der Waals surface area contributed by atoms with Gasteiger partial charge in [-0.3, -0.25) is 14.7 Å². The number of carbonyl (C=O) groups is 1. The summed E-state index contributed by atoms with van der Waals surface area (Å²) in [5, 5.41) is 3.03. The molecule has 1 saturated heterocycles. The molecule has 1 aliphatic rings. The third-order valence-corrected chi connectivity index (χ3v) is 4.53. The SMILES string of the molecule is Cc1cccc(CN2CCCC(C(=O)NCc3ccccn3)C2)c1. The van der Waals surface area contributed by atoms with Gasteiger partial charge in [-0.25, -0.2) is 0 Å². The van der Waals surface area contributed by atoms with Gasteiger partial charge in [-0.2, -0.15) is 0 Å². The monoisotopic (exact) mass is 323 g/mol. The zero-order valence-electron chi connectivity index (χ0n) is 14.2. The van der Waals surface area contributed by atoms with Gasteiger partial charge < -0.3 is 5.32 Å². The molecule has 1 amide bonds. The fourth-order valence-electron chi connectivity index (χ4n) is 3.31. The van der Waals surface area contributed by atoms with Crippen LogP contribution >= 0.6 is 0 Å². The number of amides is 1. The summed E-state index contributed by atoms with van der Waals surface area (Å²) in [5.41, 5.74) is 3.51. The van der Waals surface area contributed by atoms with E-state index in [1.165, 1.54) is 11.1 Å². The van der Waals surface area contributed by atoms with Crippen molar-refractivity contribution in [1.29, 1.82) is 0 Å². The van der Waals surface area contributed by atoms with Gasteiger partial charge in [0.25, 0.3) is 0 Å². The molecule has 1 aliphatic heterocycles. The lowest BCUT2D eigenvalue weighted by atomic mass is 9.96. The van der Waals surface area contributed by atoms with Crippen LogP contribution in [0, 0.1) is 12.8 Å². The predicted molar refractivity (Wildman–Crippen MR) is 95.3 cm³/mol. The first-order valence-electron chi connectivity index (χ1n) is 8.66. The Morgan fingerprint density at radius 2 is 2.21 bits per heavy atom. The number of piperidine rings is 1. The zero-order chi connectivity index (χ0) is 16.8. The summed E-state index contributed by atoms with van der Waals surface area (Å²) in [7, 11) is 0. The Kier molecular flexibility index (Phi) is 5.59. The van der Waals surface area contributed by atoms with Crippen molar-refractivity contribution >= 4 is 5.91 Å². The van der Waals surface area contributed by atoms with Crippen LogP contribution in [-0.4, -0.2) is 28.9 Å². The van der Waals surface area contributed by atoms with E-state index in [-0.39, 0.29) is 11.8 Å². The molecule has 1 atom stereocenters. The Morgan fingerprint density at radius 3 is 3.00 bits per heavy atom. The molecule has 0 aliphatic carbocycles. The molecule has 1 aromatic carbocycles. The molecular formula is C20H25N3O. The van der Waals surface area contributed by atoms with E-state index in [0.29, 0.717) is 6.54 Å². The van der Waals surface area contributed by atoms with Gasteiger partial charge in [-0.15, -0.1) is 0 Å². The van der Waals surface area contributed by atoms with Crippen molar-refractivity contribution < 1.29 is 4.79 Å². The van der Waals surface area contributed by atoms with Crippen LogP contribution in [0.4, 0.5) is 0 Å². The van der Waals surface area contributed by atoms with Crippen molar-refractivity contribution in [2.45, 2.75) is 32.9 Å². The minimum absolute atomic E-state index is 0.0762. The molecule has 24 heavy (non-hydrogen) atoms. The highest BCUT2D eigenvalue weighted by molar-refractivity contribution is 5.78. The molecule has 4 nitrogen and oxygen atoms in total. The van der Waals surface area contributed by atoms with Crippen LogP contribution in [-0.2, 0) is 17.9 Å². The summed E-state index contributed by atoms with van der Waals surface area (Å²) in [6, 6.07) is 14.4. The Hall–Kier alpha value is -2.20. The van der Waals surface area contributed by atoms with Crippen LogP contribution in [0.15, 0.2) is 48.7 Å². The molecular weight excluding hydrogens is 298 g/mol. The van der Waals surface area contributed by atoms with Crippen molar-refractivity contribution in [3.8, 4) is 0 Å². The van der Waals surface area contributed by atoms with Gasteiger partial charge in [0.1, 0.15) is 0 Å². The lowest BCUT2D eigenvalue weighted by Gasteiger charge is -2.32. The number of nitrogens with one attached hydrogen (secondary N) is 1. The summed E-state index contributed by atoms with van der Waals surface area (Å²) in [4.78, 5) is 19.1. The van der Waals surface area contributed by atoms with Gasteiger partial charge in [-0.05, 0) is 44.0 Å². The summed E-state index contributed by atoms with van der Waals surface area (Å²) in [6.07, 6.45) is 3.80. The molecule has 1 aromatic heterocycles. The number of hydrogen-bond donors (Lipinski definition) is 1. The first kappa shape index (κ1) is 16.7. The van der Waals surface area contributed by atoms with Crippen molar-refractivity contribution in [3.05, 3.63) is 65.5 Å². The minimum Gasteiger partial charge on any atom is -0.350 e. The normalized spacial score (nSPS) is 18.3. The maximum absolute atomic E-state index is 12.5. The maximum Gasteiger partial charge on any atom is 0.224 e. The molecule has 0 bridgehead atoms. The molecule has 1 N–H and O–H groups in total. The quantitative estimate of drug-likeness (QED) is 0.920. The number of benzene rings is 1. The van der Waals surface area contributed by atoms with E-state index in [4.69, 9.17) is 0 Å². The molecule has 1 fully saturated rings. The topological polar surface area (TPSA) is 45.2 Å². The number of hydrogen-bond acceptors (Lipinski definition) is 3. The van der Waals surface area contributed by atoms with Gasteiger partial charge in [0.05, 0.1) is 18.2 Å². The smallest absolute Gasteiger partial charge is 0.224 e. The lowest BCUT2D eigenvalue weighted by molar-refractivity contribution is -0.127. The highest BCUT2D eigenvalue weighted by Gasteiger charge is 2.25. The summed E-state index contributed by atoms with van der Waals surface area (Å²) < 4.78 is 0. The van der Waals surface area contributed by atoms with E-state index in [2.05, 4.69) is 46.4 Å². The highest BCUT2D eigenvalue weighted by Crippen LogP contribution is 2.19. The first-order chi connectivity index (χ1) is 11.7. The molecule has 0 spiro atoms. The van der Waals surface area contributed by atoms with Crippen LogP contribution in [0.3, 0.4) is 0 Å². The van der Waals surface area contributed by atoms with Crippen LogP contribution in [0.5, 0.6) is 0 Å².